The summed E-state index contributed by atoms with van der Waals surface area (Å²) in [7, 11) is 0. The maximum absolute atomic E-state index is 12.0. The first kappa shape index (κ1) is 18.0. The predicted molar refractivity (Wildman–Crippen MR) is 84.0 cm³/mol. The molecule has 0 aliphatic heterocycles. The molecule has 0 radical (unpaired) electrons. The standard InChI is InChI=1S/C17H31NO3/c1-13-9-14(12-17(2,3)11-13)10-15(19)18-8-6-4-5-7-16(20)21/h13-14H,4-12H2,1-3H3,(H,18,19)(H,20,21). The number of nitrogens with one attached hydrogen (secondary N) is 1. The first-order chi connectivity index (χ1) is 9.78. The SMILES string of the molecule is CC1CC(CC(=O)NCCCCCC(=O)O)CC(C)(C)C1. The van der Waals surface area contributed by atoms with Crippen LogP contribution in [0.1, 0.15) is 72.1 Å². The molecule has 0 spiro atoms. The highest BCUT2D eigenvalue weighted by molar-refractivity contribution is 5.76. The van der Waals surface area contributed by atoms with Crippen molar-refractivity contribution in [1.82, 2.24) is 5.32 Å². The molecule has 0 bridgehead atoms. The number of rotatable bonds is 8. The Morgan fingerprint density at radius 3 is 2.52 bits per heavy atom. The van der Waals surface area contributed by atoms with Crippen LogP contribution < -0.4 is 5.32 Å². The molecule has 1 aliphatic rings. The van der Waals surface area contributed by atoms with Gasteiger partial charge in [-0.2, -0.15) is 0 Å². The van der Waals surface area contributed by atoms with E-state index in [4.69, 9.17) is 5.11 Å². The van der Waals surface area contributed by atoms with Crippen LogP contribution >= 0.6 is 0 Å². The van der Waals surface area contributed by atoms with Crippen LogP contribution in [0.2, 0.25) is 0 Å². The van der Waals surface area contributed by atoms with Crippen LogP contribution in [0.4, 0.5) is 0 Å². The van der Waals surface area contributed by atoms with Crippen molar-refractivity contribution < 1.29 is 14.7 Å². The smallest absolute Gasteiger partial charge is 0.303 e. The summed E-state index contributed by atoms with van der Waals surface area (Å²) in [6, 6.07) is 0. The van der Waals surface area contributed by atoms with Crippen molar-refractivity contribution >= 4 is 11.9 Å². The minimum Gasteiger partial charge on any atom is -0.481 e. The fourth-order valence-corrected chi connectivity index (χ4v) is 3.84. The first-order valence-corrected chi connectivity index (χ1v) is 8.27. The number of carbonyl (C=O) groups excluding carboxylic acids is 1. The van der Waals surface area contributed by atoms with Crippen LogP contribution in [0.5, 0.6) is 0 Å². The molecular weight excluding hydrogens is 266 g/mol. The van der Waals surface area contributed by atoms with E-state index in [-0.39, 0.29) is 12.3 Å². The monoisotopic (exact) mass is 297 g/mol. The van der Waals surface area contributed by atoms with Crippen LogP contribution in [0.3, 0.4) is 0 Å². The lowest BCUT2D eigenvalue weighted by Gasteiger charge is -2.38. The molecule has 4 heteroatoms. The van der Waals surface area contributed by atoms with Crippen molar-refractivity contribution in [3.05, 3.63) is 0 Å². The number of hydrogen-bond donors (Lipinski definition) is 2. The molecule has 2 unspecified atom stereocenters. The summed E-state index contributed by atoms with van der Waals surface area (Å²) in [6.45, 7) is 7.56. The molecule has 1 rings (SSSR count). The molecule has 2 N–H and O–H groups in total. The van der Waals surface area contributed by atoms with Gasteiger partial charge in [0.15, 0.2) is 0 Å². The van der Waals surface area contributed by atoms with Gasteiger partial charge in [0, 0.05) is 19.4 Å². The summed E-state index contributed by atoms with van der Waals surface area (Å²) in [6.07, 6.45) is 6.85. The van der Waals surface area contributed by atoms with Crippen molar-refractivity contribution in [2.24, 2.45) is 17.3 Å². The van der Waals surface area contributed by atoms with Crippen molar-refractivity contribution in [2.45, 2.75) is 72.1 Å². The third kappa shape index (κ3) is 8.08. The minimum absolute atomic E-state index is 0.156. The summed E-state index contributed by atoms with van der Waals surface area (Å²) < 4.78 is 0. The van der Waals surface area contributed by atoms with Crippen LogP contribution in [-0.2, 0) is 9.59 Å². The third-order valence-corrected chi connectivity index (χ3v) is 4.34. The average molecular weight is 297 g/mol. The van der Waals surface area contributed by atoms with Gasteiger partial charge >= 0.3 is 5.97 Å². The zero-order valence-electron chi connectivity index (χ0n) is 13.8. The van der Waals surface area contributed by atoms with Gasteiger partial charge < -0.3 is 10.4 Å². The van der Waals surface area contributed by atoms with Gasteiger partial charge in [-0.05, 0) is 49.4 Å². The number of carboxylic acids is 1. The van der Waals surface area contributed by atoms with Gasteiger partial charge in [-0.3, -0.25) is 9.59 Å². The molecule has 0 aromatic carbocycles. The molecule has 1 saturated carbocycles. The van der Waals surface area contributed by atoms with Gasteiger partial charge in [0.2, 0.25) is 5.91 Å². The Morgan fingerprint density at radius 2 is 1.90 bits per heavy atom. The summed E-state index contributed by atoms with van der Waals surface area (Å²) in [5, 5.41) is 11.5. The number of hydrogen-bond acceptors (Lipinski definition) is 2. The van der Waals surface area contributed by atoms with E-state index in [1.807, 2.05) is 0 Å². The van der Waals surface area contributed by atoms with Crippen molar-refractivity contribution in [3.8, 4) is 0 Å². The zero-order valence-corrected chi connectivity index (χ0v) is 13.8. The maximum Gasteiger partial charge on any atom is 0.303 e. The lowest BCUT2D eigenvalue weighted by molar-refractivity contribution is -0.137. The quantitative estimate of drug-likeness (QED) is 0.673. The Balaban J connectivity index is 2.14. The largest absolute Gasteiger partial charge is 0.481 e. The lowest BCUT2D eigenvalue weighted by atomic mass is 9.67. The van der Waals surface area contributed by atoms with Crippen molar-refractivity contribution in [1.29, 1.82) is 0 Å². The highest BCUT2D eigenvalue weighted by Crippen LogP contribution is 2.42. The molecule has 1 amide bonds. The van der Waals surface area contributed by atoms with Crippen LogP contribution in [-0.4, -0.2) is 23.5 Å². The number of aliphatic carboxylic acids is 1. The second-order valence-electron chi connectivity index (χ2n) is 7.54. The third-order valence-electron chi connectivity index (χ3n) is 4.34. The van der Waals surface area contributed by atoms with E-state index < -0.39 is 5.97 Å². The molecule has 122 valence electrons. The number of carboxylic acid groups (broad SMARTS) is 1. The Morgan fingerprint density at radius 1 is 1.19 bits per heavy atom. The van der Waals surface area contributed by atoms with Gasteiger partial charge in [-0.25, -0.2) is 0 Å². The number of amides is 1. The van der Waals surface area contributed by atoms with Gasteiger partial charge in [-0.1, -0.05) is 27.2 Å². The second-order valence-corrected chi connectivity index (χ2v) is 7.54. The summed E-state index contributed by atoms with van der Waals surface area (Å²) in [5.41, 5.74) is 0.361. The Hall–Kier alpha value is -1.06. The van der Waals surface area contributed by atoms with Crippen molar-refractivity contribution in [3.63, 3.8) is 0 Å². The number of carbonyl (C=O) groups is 2. The molecule has 0 aromatic heterocycles. The van der Waals surface area contributed by atoms with Gasteiger partial charge in [0.05, 0.1) is 0 Å². The Bertz CT molecular complexity index is 352. The van der Waals surface area contributed by atoms with Gasteiger partial charge in [0.1, 0.15) is 0 Å². The van der Waals surface area contributed by atoms with Gasteiger partial charge in [0.25, 0.3) is 0 Å². The zero-order chi connectivity index (χ0) is 15.9. The van der Waals surface area contributed by atoms with E-state index in [1.54, 1.807) is 0 Å². The maximum atomic E-state index is 12.0. The highest BCUT2D eigenvalue weighted by atomic mass is 16.4. The summed E-state index contributed by atoms with van der Waals surface area (Å²) >= 11 is 0. The lowest BCUT2D eigenvalue weighted by Crippen LogP contribution is -2.32. The minimum atomic E-state index is -0.743. The topological polar surface area (TPSA) is 66.4 Å². The van der Waals surface area contributed by atoms with E-state index in [0.29, 0.717) is 36.6 Å². The molecule has 1 aliphatic carbocycles. The molecule has 21 heavy (non-hydrogen) atoms. The molecule has 1 fully saturated rings. The molecule has 4 nitrogen and oxygen atoms in total. The van der Waals surface area contributed by atoms with Crippen molar-refractivity contribution in [2.75, 3.05) is 6.54 Å². The molecule has 0 heterocycles. The first-order valence-electron chi connectivity index (χ1n) is 8.27. The van der Waals surface area contributed by atoms with Gasteiger partial charge in [-0.15, -0.1) is 0 Å². The van der Waals surface area contributed by atoms with E-state index in [1.165, 1.54) is 6.42 Å². The highest BCUT2D eigenvalue weighted by Gasteiger charge is 2.32. The molecule has 0 saturated heterocycles. The van der Waals surface area contributed by atoms with E-state index >= 15 is 0 Å². The summed E-state index contributed by atoms with van der Waals surface area (Å²) in [5.74, 6) is 0.634. The van der Waals surface area contributed by atoms with E-state index in [2.05, 4.69) is 26.1 Å². The fourth-order valence-electron chi connectivity index (χ4n) is 3.84. The van der Waals surface area contributed by atoms with Crippen LogP contribution in [0.25, 0.3) is 0 Å². The number of unbranched alkanes of at least 4 members (excludes halogenated alkanes) is 2. The van der Waals surface area contributed by atoms with E-state index in [0.717, 1.165) is 25.7 Å². The Labute approximate surface area is 128 Å². The molecule has 0 aromatic rings. The average Bonchev–Trinajstić information content (AvgIpc) is 2.30. The normalized spacial score (nSPS) is 24.5. The fraction of sp³-hybridized carbons (Fsp3) is 0.882. The second kappa shape index (κ2) is 8.40. The van der Waals surface area contributed by atoms with E-state index in [9.17, 15) is 9.59 Å². The predicted octanol–water partition coefficient (Wildman–Crippen LogP) is 3.60. The summed E-state index contributed by atoms with van der Waals surface area (Å²) in [4.78, 5) is 22.3. The van der Waals surface area contributed by atoms with Crippen LogP contribution in [0.15, 0.2) is 0 Å². The molecular formula is C17H31NO3. The van der Waals surface area contributed by atoms with Crippen LogP contribution in [0, 0.1) is 17.3 Å². The molecule has 2 atom stereocenters. The Kier molecular flexibility index (Phi) is 7.20.